The van der Waals surface area contributed by atoms with E-state index in [1.807, 2.05) is 55.5 Å². The molecule has 0 unspecified atom stereocenters. The maximum absolute atomic E-state index is 12.8. The molecule has 1 fully saturated rings. The quantitative estimate of drug-likeness (QED) is 0.693. The Balaban J connectivity index is 1.54. The Morgan fingerprint density at radius 2 is 1.76 bits per heavy atom. The molecule has 0 bridgehead atoms. The molecule has 2 aromatic carbocycles. The number of sulfonamides is 1. The van der Waals surface area contributed by atoms with E-state index in [1.165, 1.54) is 4.31 Å². The minimum absolute atomic E-state index is 0.00373. The first kappa shape index (κ1) is 21.8. The molecule has 0 N–H and O–H groups in total. The van der Waals surface area contributed by atoms with E-state index in [2.05, 4.69) is 0 Å². The predicted molar refractivity (Wildman–Crippen MR) is 116 cm³/mol. The van der Waals surface area contributed by atoms with Crippen LogP contribution in [0.25, 0.3) is 0 Å². The summed E-state index contributed by atoms with van der Waals surface area (Å²) in [6.45, 7) is 3.24. The summed E-state index contributed by atoms with van der Waals surface area (Å²) in [6.07, 6.45) is 1.10. The van der Waals surface area contributed by atoms with Crippen LogP contribution in [0.15, 0.2) is 48.5 Å². The number of nitrogens with zero attached hydrogens (tertiary/aromatic N) is 2. The number of rotatable bonds is 6. The van der Waals surface area contributed by atoms with Crippen molar-refractivity contribution in [3.8, 4) is 0 Å². The molecule has 29 heavy (non-hydrogen) atoms. The van der Waals surface area contributed by atoms with E-state index in [1.54, 1.807) is 11.9 Å². The summed E-state index contributed by atoms with van der Waals surface area (Å²) < 4.78 is 27.1. The summed E-state index contributed by atoms with van der Waals surface area (Å²) in [5.74, 6) is -0.0718. The molecule has 0 aromatic heterocycles. The highest BCUT2D eigenvalue weighted by molar-refractivity contribution is 7.88. The molecule has 1 aliphatic heterocycles. The van der Waals surface area contributed by atoms with Gasteiger partial charge in [0.1, 0.15) is 0 Å². The van der Waals surface area contributed by atoms with Crippen LogP contribution in [0, 0.1) is 12.8 Å². The highest BCUT2D eigenvalue weighted by Gasteiger charge is 2.32. The molecular weight excluding hydrogens is 408 g/mol. The lowest BCUT2D eigenvalue weighted by atomic mass is 9.96. The molecule has 1 saturated heterocycles. The minimum Gasteiger partial charge on any atom is -0.341 e. The molecule has 1 amide bonds. The molecule has 0 aliphatic carbocycles. The van der Waals surface area contributed by atoms with Crippen LogP contribution in [-0.4, -0.2) is 43.7 Å². The molecule has 1 heterocycles. The monoisotopic (exact) mass is 434 g/mol. The van der Waals surface area contributed by atoms with E-state index >= 15 is 0 Å². The van der Waals surface area contributed by atoms with Crippen LogP contribution in [0.3, 0.4) is 0 Å². The van der Waals surface area contributed by atoms with Gasteiger partial charge in [-0.2, -0.15) is 0 Å². The van der Waals surface area contributed by atoms with Crippen molar-refractivity contribution >= 4 is 27.5 Å². The molecule has 5 nitrogen and oxygen atoms in total. The van der Waals surface area contributed by atoms with Gasteiger partial charge in [-0.05, 0) is 43.0 Å². The molecular formula is C22H27ClN2O3S. The smallest absolute Gasteiger partial charge is 0.225 e. The van der Waals surface area contributed by atoms with Gasteiger partial charge in [0.15, 0.2) is 0 Å². The van der Waals surface area contributed by atoms with Crippen molar-refractivity contribution in [1.82, 2.24) is 9.21 Å². The summed E-state index contributed by atoms with van der Waals surface area (Å²) in [7, 11) is -1.59. The second kappa shape index (κ2) is 9.28. The lowest BCUT2D eigenvalue weighted by molar-refractivity contribution is -0.135. The Morgan fingerprint density at radius 1 is 1.10 bits per heavy atom. The van der Waals surface area contributed by atoms with Crippen LogP contribution in [-0.2, 0) is 27.1 Å². The third-order valence-electron chi connectivity index (χ3n) is 5.34. The van der Waals surface area contributed by atoms with Crippen LogP contribution in [0.2, 0.25) is 5.02 Å². The SMILES string of the molecule is Cc1cccc(CS(=O)(=O)N2CCC(C(=O)N(C)Cc3ccc(Cl)cc3)CC2)c1. The van der Waals surface area contributed by atoms with Gasteiger partial charge in [-0.3, -0.25) is 4.79 Å². The number of carbonyl (C=O) groups excluding carboxylic acids is 1. The van der Waals surface area contributed by atoms with Crippen LogP contribution < -0.4 is 0 Å². The predicted octanol–water partition coefficient (Wildman–Crippen LogP) is 3.85. The van der Waals surface area contributed by atoms with Crippen molar-refractivity contribution in [1.29, 1.82) is 0 Å². The van der Waals surface area contributed by atoms with Crippen molar-refractivity contribution in [2.75, 3.05) is 20.1 Å². The van der Waals surface area contributed by atoms with Gasteiger partial charge in [-0.25, -0.2) is 12.7 Å². The highest BCUT2D eigenvalue weighted by atomic mass is 35.5. The van der Waals surface area contributed by atoms with Gasteiger partial charge in [0, 0.05) is 37.6 Å². The fraction of sp³-hybridized carbons (Fsp3) is 0.409. The van der Waals surface area contributed by atoms with Crippen molar-refractivity contribution < 1.29 is 13.2 Å². The van der Waals surface area contributed by atoms with E-state index in [4.69, 9.17) is 11.6 Å². The standard InChI is InChI=1S/C22H27ClN2O3S/c1-17-4-3-5-19(14-17)16-29(27,28)25-12-10-20(11-13-25)22(26)24(2)15-18-6-8-21(23)9-7-18/h3-9,14,20H,10-13,15-16H2,1-2H3. The van der Waals surface area contributed by atoms with Crippen molar-refractivity contribution in [3.05, 3.63) is 70.2 Å². The molecule has 0 saturated carbocycles. The van der Waals surface area contributed by atoms with Crippen LogP contribution in [0.4, 0.5) is 0 Å². The van der Waals surface area contributed by atoms with Gasteiger partial charge in [-0.1, -0.05) is 53.6 Å². The largest absolute Gasteiger partial charge is 0.341 e. The molecule has 1 aliphatic rings. The molecule has 3 rings (SSSR count). The van der Waals surface area contributed by atoms with Gasteiger partial charge in [0.2, 0.25) is 15.9 Å². The number of aryl methyl sites for hydroxylation is 1. The van der Waals surface area contributed by atoms with Crippen LogP contribution in [0.5, 0.6) is 0 Å². The Hall–Kier alpha value is -1.89. The Morgan fingerprint density at radius 3 is 2.38 bits per heavy atom. The van der Waals surface area contributed by atoms with Crippen LogP contribution >= 0.6 is 11.6 Å². The van der Waals surface area contributed by atoms with Gasteiger partial charge in [0.05, 0.1) is 5.75 Å². The number of halogens is 1. The fourth-order valence-corrected chi connectivity index (χ4v) is 5.41. The molecule has 0 spiro atoms. The number of piperidine rings is 1. The highest BCUT2D eigenvalue weighted by Crippen LogP contribution is 2.24. The number of amides is 1. The van der Waals surface area contributed by atoms with E-state index < -0.39 is 10.0 Å². The zero-order chi connectivity index (χ0) is 21.0. The van der Waals surface area contributed by atoms with Crippen molar-refractivity contribution in [3.63, 3.8) is 0 Å². The summed E-state index contributed by atoms with van der Waals surface area (Å²) in [5, 5.41) is 0.668. The third-order valence-corrected chi connectivity index (χ3v) is 7.44. The normalized spacial score (nSPS) is 16.0. The minimum atomic E-state index is -3.38. The Labute approximate surface area is 178 Å². The molecule has 156 valence electrons. The average Bonchev–Trinajstić information content (AvgIpc) is 2.69. The summed E-state index contributed by atoms with van der Waals surface area (Å²) in [6, 6.07) is 15.0. The number of hydrogen-bond acceptors (Lipinski definition) is 3. The maximum Gasteiger partial charge on any atom is 0.225 e. The molecule has 0 radical (unpaired) electrons. The van der Waals surface area contributed by atoms with Gasteiger partial charge in [-0.15, -0.1) is 0 Å². The van der Waals surface area contributed by atoms with Gasteiger partial charge < -0.3 is 4.90 Å². The lowest BCUT2D eigenvalue weighted by Gasteiger charge is -2.32. The summed E-state index contributed by atoms with van der Waals surface area (Å²) >= 11 is 5.91. The van der Waals surface area contributed by atoms with E-state index in [0.717, 1.165) is 16.7 Å². The lowest BCUT2D eigenvalue weighted by Crippen LogP contribution is -2.43. The third kappa shape index (κ3) is 5.81. The molecule has 2 aromatic rings. The number of hydrogen-bond donors (Lipinski definition) is 0. The second-order valence-electron chi connectivity index (χ2n) is 7.74. The maximum atomic E-state index is 12.8. The summed E-state index contributed by atoms with van der Waals surface area (Å²) in [4.78, 5) is 14.5. The van der Waals surface area contributed by atoms with E-state index in [-0.39, 0.29) is 17.6 Å². The first-order valence-corrected chi connectivity index (χ1v) is 11.8. The Bertz CT molecular complexity index is 952. The van der Waals surface area contributed by atoms with Crippen LogP contribution in [0.1, 0.15) is 29.5 Å². The first-order valence-electron chi connectivity index (χ1n) is 9.77. The number of benzene rings is 2. The molecule has 0 atom stereocenters. The zero-order valence-corrected chi connectivity index (χ0v) is 18.4. The van der Waals surface area contributed by atoms with E-state index in [0.29, 0.717) is 37.5 Å². The first-order chi connectivity index (χ1) is 13.7. The molecule has 7 heteroatoms. The van der Waals surface area contributed by atoms with Crippen molar-refractivity contribution in [2.24, 2.45) is 5.92 Å². The number of carbonyl (C=O) groups is 1. The Kier molecular flexibility index (Phi) is 6.98. The van der Waals surface area contributed by atoms with Gasteiger partial charge >= 0.3 is 0 Å². The topological polar surface area (TPSA) is 57.7 Å². The van der Waals surface area contributed by atoms with E-state index in [9.17, 15) is 13.2 Å². The van der Waals surface area contributed by atoms with Gasteiger partial charge in [0.25, 0.3) is 0 Å². The average molecular weight is 435 g/mol. The second-order valence-corrected chi connectivity index (χ2v) is 10.1. The zero-order valence-electron chi connectivity index (χ0n) is 16.8. The summed E-state index contributed by atoms with van der Waals surface area (Å²) in [5.41, 5.74) is 2.86. The van der Waals surface area contributed by atoms with Crippen molar-refractivity contribution in [2.45, 2.75) is 32.1 Å². The fourth-order valence-electron chi connectivity index (χ4n) is 3.74.